The molecule has 1 fully saturated rings. The van der Waals surface area contributed by atoms with Crippen molar-refractivity contribution < 1.29 is 4.39 Å². The number of likely N-dealkylation sites (tertiary alicyclic amines) is 1. The van der Waals surface area contributed by atoms with Gasteiger partial charge in [-0.05, 0) is 62.2 Å². The van der Waals surface area contributed by atoms with Gasteiger partial charge in [0, 0.05) is 18.8 Å². The Morgan fingerprint density at radius 2 is 2.08 bits per heavy atom. The van der Waals surface area contributed by atoms with E-state index in [1.54, 1.807) is 10.6 Å². The molecule has 0 unspecified atom stereocenters. The van der Waals surface area contributed by atoms with E-state index in [2.05, 4.69) is 26.4 Å². The van der Waals surface area contributed by atoms with Crippen LogP contribution in [0.4, 0.5) is 15.9 Å². The summed E-state index contributed by atoms with van der Waals surface area (Å²) in [5, 5.41) is 7.41. The third kappa shape index (κ3) is 3.40. The van der Waals surface area contributed by atoms with Crippen molar-refractivity contribution in [3.8, 4) is 0 Å². The number of halogens is 1. The first kappa shape index (κ1) is 16.9. The average Bonchev–Trinajstić information content (AvgIpc) is 3.03. The standard InChI is InChI=1S/C19H23FN6/c1-13-2-3-17(16(20)10-13)24-19-18-14(4-9-26(18)23-12-22-19)11-25-7-5-15(21)6-8-25/h2-4,9-10,12,15H,5-8,11,21H2,1H3,(H,22,23,24). The monoisotopic (exact) mass is 354 g/mol. The zero-order chi connectivity index (χ0) is 18.1. The van der Waals surface area contributed by atoms with Gasteiger partial charge in [0.05, 0.1) is 5.69 Å². The Morgan fingerprint density at radius 1 is 1.27 bits per heavy atom. The molecule has 1 saturated heterocycles. The van der Waals surface area contributed by atoms with Crippen LogP contribution in [0.3, 0.4) is 0 Å². The van der Waals surface area contributed by atoms with Crippen molar-refractivity contribution in [2.45, 2.75) is 32.4 Å². The number of fused-ring (bicyclic) bond motifs is 1. The number of anilines is 2. The minimum absolute atomic E-state index is 0.292. The Hall–Kier alpha value is -2.51. The van der Waals surface area contributed by atoms with Gasteiger partial charge in [-0.2, -0.15) is 5.10 Å². The van der Waals surface area contributed by atoms with Crippen LogP contribution in [0.15, 0.2) is 36.8 Å². The molecule has 1 aromatic carbocycles. The smallest absolute Gasteiger partial charge is 0.158 e. The van der Waals surface area contributed by atoms with Crippen LogP contribution < -0.4 is 11.1 Å². The lowest BCUT2D eigenvalue weighted by atomic mass is 10.1. The van der Waals surface area contributed by atoms with Crippen molar-refractivity contribution in [1.29, 1.82) is 0 Å². The highest BCUT2D eigenvalue weighted by Gasteiger charge is 2.19. The third-order valence-electron chi connectivity index (χ3n) is 4.94. The van der Waals surface area contributed by atoms with E-state index in [9.17, 15) is 4.39 Å². The normalized spacial score (nSPS) is 16.3. The summed E-state index contributed by atoms with van der Waals surface area (Å²) in [5.74, 6) is 0.316. The molecule has 3 N–H and O–H groups in total. The van der Waals surface area contributed by atoms with Crippen LogP contribution in [0.25, 0.3) is 5.52 Å². The lowest BCUT2D eigenvalue weighted by Crippen LogP contribution is -2.39. The molecule has 6 nitrogen and oxygen atoms in total. The van der Waals surface area contributed by atoms with Crippen LogP contribution in [-0.4, -0.2) is 38.6 Å². The number of hydrogen-bond donors (Lipinski definition) is 2. The first-order valence-electron chi connectivity index (χ1n) is 8.92. The lowest BCUT2D eigenvalue weighted by Gasteiger charge is -2.29. The molecule has 2 aromatic heterocycles. The van der Waals surface area contributed by atoms with Gasteiger partial charge in [-0.15, -0.1) is 0 Å². The number of nitrogens with one attached hydrogen (secondary N) is 1. The summed E-state index contributed by atoms with van der Waals surface area (Å²) in [7, 11) is 0. The fourth-order valence-electron chi connectivity index (χ4n) is 3.44. The summed E-state index contributed by atoms with van der Waals surface area (Å²) >= 11 is 0. The number of nitrogens with zero attached hydrogens (tertiary/aromatic N) is 4. The Balaban J connectivity index is 1.64. The highest BCUT2D eigenvalue weighted by molar-refractivity contribution is 5.76. The molecule has 0 bridgehead atoms. The highest BCUT2D eigenvalue weighted by Crippen LogP contribution is 2.26. The Labute approximate surface area is 151 Å². The largest absolute Gasteiger partial charge is 0.336 e. The second kappa shape index (κ2) is 7.01. The summed E-state index contributed by atoms with van der Waals surface area (Å²) in [6.45, 7) is 4.65. The van der Waals surface area contributed by atoms with E-state index in [0.717, 1.165) is 49.1 Å². The van der Waals surface area contributed by atoms with E-state index in [1.165, 1.54) is 12.4 Å². The van der Waals surface area contributed by atoms with Gasteiger partial charge in [0.15, 0.2) is 5.82 Å². The van der Waals surface area contributed by atoms with E-state index in [4.69, 9.17) is 5.73 Å². The molecule has 0 spiro atoms. The Kier molecular flexibility index (Phi) is 4.57. The van der Waals surface area contributed by atoms with Gasteiger partial charge in [0.2, 0.25) is 0 Å². The van der Waals surface area contributed by atoms with Crippen LogP contribution in [-0.2, 0) is 6.54 Å². The van der Waals surface area contributed by atoms with E-state index < -0.39 is 0 Å². The maximum atomic E-state index is 14.2. The maximum absolute atomic E-state index is 14.2. The van der Waals surface area contributed by atoms with Crippen molar-refractivity contribution >= 4 is 17.0 Å². The molecule has 0 radical (unpaired) electrons. The number of aryl methyl sites for hydroxylation is 1. The van der Waals surface area contributed by atoms with Gasteiger partial charge in [0.1, 0.15) is 17.7 Å². The van der Waals surface area contributed by atoms with Crippen LogP contribution in [0, 0.1) is 12.7 Å². The highest BCUT2D eigenvalue weighted by atomic mass is 19.1. The van der Waals surface area contributed by atoms with Crippen LogP contribution in [0.1, 0.15) is 24.0 Å². The summed E-state index contributed by atoms with van der Waals surface area (Å²) in [6.07, 6.45) is 5.42. The molecule has 7 heteroatoms. The number of aromatic nitrogens is 3. The maximum Gasteiger partial charge on any atom is 0.158 e. The number of rotatable bonds is 4. The zero-order valence-electron chi connectivity index (χ0n) is 14.8. The van der Waals surface area contributed by atoms with Crippen LogP contribution in [0.2, 0.25) is 0 Å². The number of hydrogen-bond acceptors (Lipinski definition) is 5. The predicted molar refractivity (Wildman–Crippen MR) is 99.9 cm³/mol. The fraction of sp³-hybridized carbons (Fsp3) is 0.368. The molecular weight excluding hydrogens is 331 g/mol. The fourth-order valence-corrected chi connectivity index (χ4v) is 3.44. The molecule has 0 amide bonds. The van der Waals surface area contributed by atoms with Crippen molar-refractivity contribution in [3.05, 3.63) is 53.7 Å². The molecule has 4 rings (SSSR count). The Morgan fingerprint density at radius 3 is 2.85 bits per heavy atom. The number of piperidine rings is 1. The summed E-state index contributed by atoms with van der Waals surface area (Å²) < 4.78 is 16.0. The molecule has 136 valence electrons. The van der Waals surface area contributed by atoms with E-state index in [1.807, 2.05) is 19.2 Å². The van der Waals surface area contributed by atoms with Gasteiger partial charge in [-0.3, -0.25) is 4.90 Å². The minimum atomic E-state index is -0.292. The summed E-state index contributed by atoms with van der Waals surface area (Å²) in [6, 6.07) is 7.48. The Bertz CT molecular complexity index is 914. The average molecular weight is 354 g/mol. The molecule has 0 atom stereocenters. The van der Waals surface area contributed by atoms with Gasteiger partial charge >= 0.3 is 0 Å². The molecule has 0 saturated carbocycles. The van der Waals surface area contributed by atoms with Crippen molar-refractivity contribution in [3.63, 3.8) is 0 Å². The molecule has 1 aliphatic heterocycles. The van der Waals surface area contributed by atoms with E-state index in [-0.39, 0.29) is 5.82 Å². The molecule has 3 aromatic rings. The van der Waals surface area contributed by atoms with Gasteiger partial charge in [-0.1, -0.05) is 6.07 Å². The second-order valence-electron chi connectivity index (χ2n) is 6.96. The molecule has 3 heterocycles. The number of nitrogens with two attached hydrogens (primary N) is 1. The molecule has 1 aliphatic rings. The third-order valence-corrected chi connectivity index (χ3v) is 4.94. The lowest BCUT2D eigenvalue weighted by molar-refractivity contribution is 0.206. The topological polar surface area (TPSA) is 71.5 Å². The zero-order valence-corrected chi connectivity index (χ0v) is 14.8. The quantitative estimate of drug-likeness (QED) is 0.754. The minimum Gasteiger partial charge on any atom is -0.336 e. The van der Waals surface area contributed by atoms with Crippen molar-refractivity contribution in [2.24, 2.45) is 5.73 Å². The SMILES string of the molecule is Cc1ccc(Nc2ncnn3ccc(CN4CCC(N)CC4)c23)c(F)c1. The van der Waals surface area contributed by atoms with Crippen molar-refractivity contribution in [2.75, 3.05) is 18.4 Å². The molecular formula is C19H23FN6. The van der Waals surface area contributed by atoms with Gasteiger partial charge in [0.25, 0.3) is 0 Å². The van der Waals surface area contributed by atoms with Gasteiger partial charge < -0.3 is 11.1 Å². The van der Waals surface area contributed by atoms with Crippen LogP contribution in [0.5, 0.6) is 0 Å². The number of benzene rings is 1. The van der Waals surface area contributed by atoms with E-state index >= 15 is 0 Å². The van der Waals surface area contributed by atoms with Crippen LogP contribution >= 0.6 is 0 Å². The summed E-state index contributed by atoms with van der Waals surface area (Å²) in [4.78, 5) is 6.75. The second-order valence-corrected chi connectivity index (χ2v) is 6.96. The predicted octanol–water partition coefficient (Wildman–Crippen LogP) is 2.84. The van der Waals surface area contributed by atoms with Crippen molar-refractivity contribution in [1.82, 2.24) is 19.5 Å². The van der Waals surface area contributed by atoms with E-state index in [0.29, 0.717) is 17.5 Å². The summed E-state index contributed by atoms with van der Waals surface area (Å²) in [5.41, 5.74) is 9.29. The molecule has 0 aliphatic carbocycles. The van der Waals surface area contributed by atoms with Gasteiger partial charge in [-0.25, -0.2) is 13.9 Å². The first-order valence-corrected chi connectivity index (χ1v) is 8.92. The first-order chi connectivity index (χ1) is 12.6. The molecule has 26 heavy (non-hydrogen) atoms.